The molecule has 0 radical (unpaired) electrons. The van der Waals surface area contributed by atoms with E-state index in [2.05, 4.69) is 10.1 Å². The van der Waals surface area contributed by atoms with E-state index >= 15 is 0 Å². The maximum absolute atomic E-state index is 11.1. The van der Waals surface area contributed by atoms with Crippen molar-refractivity contribution >= 4 is 29.1 Å². The van der Waals surface area contributed by atoms with Crippen molar-refractivity contribution in [3.8, 4) is 22.4 Å². The van der Waals surface area contributed by atoms with Crippen molar-refractivity contribution in [1.82, 2.24) is 10.1 Å². The van der Waals surface area contributed by atoms with E-state index in [1.54, 1.807) is 30.5 Å². The smallest absolute Gasteiger partial charge is 0.247 e. The molecule has 106 valence electrons. The third kappa shape index (κ3) is 2.53. The van der Waals surface area contributed by atoms with Gasteiger partial charge in [0, 0.05) is 17.8 Å². The van der Waals surface area contributed by atoms with E-state index in [0.717, 1.165) is 5.56 Å². The van der Waals surface area contributed by atoms with Crippen LogP contribution in [0.1, 0.15) is 0 Å². The van der Waals surface area contributed by atoms with Crippen LogP contribution in [0.3, 0.4) is 0 Å². The van der Waals surface area contributed by atoms with Crippen LogP contribution in [0.15, 0.2) is 45.8 Å². The summed E-state index contributed by atoms with van der Waals surface area (Å²) in [6, 6.07) is 8.16. The van der Waals surface area contributed by atoms with E-state index in [1.165, 1.54) is 6.07 Å². The number of aromatic nitrogens is 2. The van der Waals surface area contributed by atoms with Crippen LogP contribution in [0, 0.1) is 0 Å². The van der Waals surface area contributed by atoms with Crippen molar-refractivity contribution < 1.29 is 4.52 Å². The minimum absolute atomic E-state index is 0.162. The molecular weight excluding hydrogens is 313 g/mol. The van der Waals surface area contributed by atoms with Crippen LogP contribution in [-0.4, -0.2) is 10.1 Å². The summed E-state index contributed by atoms with van der Waals surface area (Å²) in [5.74, 6) is 0.162. The summed E-state index contributed by atoms with van der Waals surface area (Å²) in [4.78, 5) is 13.7. The first-order valence-corrected chi connectivity index (χ1v) is 6.71. The van der Waals surface area contributed by atoms with Crippen LogP contribution >= 0.6 is 23.2 Å². The first-order chi connectivity index (χ1) is 10.1. The molecule has 0 bridgehead atoms. The minimum Gasteiger partial charge on any atom is -0.367 e. The summed E-state index contributed by atoms with van der Waals surface area (Å²) in [7, 11) is 0. The van der Waals surface area contributed by atoms with Gasteiger partial charge in [0.2, 0.25) is 11.4 Å². The minimum atomic E-state index is -0.202. The Bertz CT molecular complexity index is 850. The maximum atomic E-state index is 11.1. The van der Waals surface area contributed by atoms with Crippen molar-refractivity contribution in [2.75, 3.05) is 5.73 Å². The number of hydrogen-bond acceptors (Lipinski definition) is 4. The number of rotatable bonds is 2. The zero-order valence-corrected chi connectivity index (χ0v) is 12.1. The SMILES string of the molecule is Nc1onc(-c2ccc(=O)[nH]c2)c1-c1ccc(Cl)c(Cl)c1. The Labute approximate surface area is 129 Å². The Morgan fingerprint density at radius 1 is 1.10 bits per heavy atom. The largest absolute Gasteiger partial charge is 0.367 e. The van der Waals surface area contributed by atoms with E-state index in [4.69, 9.17) is 33.5 Å². The number of benzene rings is 1. The fourth-order valence-electron chi connectivity index (χ4n) is 1.99. The van der Waals surface area contributed by atoms with Gasteiger partial charge in [-0.15, -0.1) is 0 Å². The highest BCUT2D eigenvalue weighted by Crippen LogP contribution is 2.37. The van der Waals surface area contributed by atoms with Gasteiger partial charge in [-0.25, -0.2) is 0 Å². The topological polar surface area (TPSA) is 84.9 Å². The van der Waals surface area contributed by atoms with Crippen LogP contribution in [0.2, 0.25) is 10.0 Å². The van der Waals surface area contributed by atoms with Gasteiger partial charge >= 0.3 is 0 Å². The molecule has 1 aromatic carbocycles. The van der Waals surface area contributed by atoms with Crippen LogP contribution in [-0.2, 0) is 0 Å². The average molecular weight is 322 g/mol. The second-order valence-electron chi connectivity index (χ2n) is 4.34. The Balaban J connectivity index is 2.19. The second-order valence-corrected chi connectivity index (χ2v) is 5.16. The van der Waals surface area contributed by atoms with Crippen molar-refractivity contribution in [3.63, 3.8) is 0 Å². The fourth-order valence-corrected chi connectivity index (χ4v) is 2.29. The molecule has 0 saturated carbocycles. The second kappa shape index (κ2) is 5.27. The molecule has 0 atom stereocenters. The molecule has 2 aromatic heterocycles. The van der Waals surface area contributed by atoms with E-state index < -0.39 is 0 Å². The van der Waals surface area contributed by atoms with Gasteiger partial charge < -0.3 is 15.2 Å². The number of hydrogen-bond donors (Lipinski definition) is 2. The third-order valence-corrected chi connectivity index (χ3v) is 3.72. The van der Waals surface area contributed by atoms with Crippen molar-refractivity contribution in [2.24, 2.45) is 0 Å². The molecular formula is C14H9Cl2N3O2. The van der Waals surface area contributed by atoms with Crippen LogP contribution in [0.25, 0.3) is 22.4 Å². The molecule has 2 heterocycles. The molecule has 3 aromatic rings. The first kappa shape index (κ1) is 13.7. The molecule has 5 nitrogen and oxygen atoms in total. The van der Waals surface area contributed by atoms with Gasteiger partial charge in [0.15, 0.2) is 0 Å². The molecule has 0 aliphatic carbocycles. The van der Waals surface area contributed by atoms with Crippen LogP contribution in [0.4, 0.5) is 5.88 Å². The summed E-state index contributed by atoms with van der Waals surface area (Å²) in [6.45, 7) is 0. The Kier molecular flexibility index (Phi) is 3.45. The molecule has 3 rings (SSSR count). The highest BCUT2D eigenvalue weighted by Gasteiger charge is 2.18. The van der Waals surface area contributed by atoms with Gasteiger partial charge in [-0.1, -0.05) is 34.4 Å². The summed E-state index contributed by atoms with van der Waals surface area (Å²) in [5.41, 5.74) is 8.17. The maximum Gasteiger partial charge on any atom is 0.247 e. The lowest BCUT2D eigenvalue weighted by molar-refractivity contribution is 0.439. The zero-order chi connectivity index (χ0) is 15.0. The highest BCUT2D eigenvalue weighted by molar-refractivity contribution is 6.42. The number of anilines is 1. The van der Waals surface area contributed by atoms with Gasteiger partial charge in [-0.05, 0) is 23.8 Å². The van der Waals surface area contributed by atoms with Gasteiger partial charge in [0.1, 0.15) is 5.69 Å². The number of nitrogens with zero attached hydrogens (tertiary/aromatic N) is 1. The quantitative estimate of drug-likeness (QED) is 0.755. The summed E-state index contributed by atoms with van der Waals surface area (Å²) in [6.07, 6.45) is 1.54. The Hall–Kier alpha value is -2.24. The molecule has 0 spiro atoms. The molecule has 0 unspecified atom stereocenters. The fraction of sp³-hybridized carbons (Fsp3) is 0. The number of nitrogens with two attached hydrogens (primary N) is 1. The van der Waals surface area contributed by atoms with Crippen LogP contribution < -0.4 is 11.3 Å². The molecule has 0 aliphatic heterocycles. The van der Waals surface area contributed by atoms with Gasteiger partial charge in [-0.3, -0.25) is 4.79 Å². The number of aromatic amines is 1. The summed E-state index contributed by atoms with van der Waals surface area (Å²) < 4.78 is 5.06. The monoisotopic (exact) mass is 321 g/mol. The Morgan fingerprint density at radius 2 is 1.86 bits per heavy atom. The number of pyridine rings is 1. The average Bonchev–Trinajstić information content (AvgIpc) is 2.85. The Morgan fingerprint density at radius 3 is 2.52 bits per heavy atom. The van der Waals surface area contributed by atoms with E-state index in [-0.39, 0.29) is 11.4 Å². The molecule has 21 heavy (non-hydrogen) atoms. The molecule has 0 amide bonds. The summed E-state index contributed by atoms with van der Waals surface area (Å²) in [5, 5.41) is 4.80. The zero-order valence-electron chi connectivity index (χ0n) is 10.6. The van der Waals surface area contributed by atoms with Gasteiger partial charge in [0.05, 0.1) is 15.6 Å². The normalized spacial score (nSPS) is 10.8. The van der Waals surface area contributed by atoms with Crippen molar-refractivity contribution in [2.45, 2.75) is 0 Å². The lowest BCUT2D eigenvalue weighted by Gasteiger charge is -2.04. The number of halogens is 2. The summed E-state index contributed by atoms with van der Waals surface area (Å²) >= 11 is 11.9. The van der Waals surface area contributed by atoms with Gasteiger partial charge in [-0.2, -0.15) is 0 Å². The van der Waals surface area contributed by atoms with E-state index in [0.29, 0.717) is 26.9 Å². The molecule has 0 saturated heterocycles. The van der Waals surface area contributed by atoms with Crippen LogP contribution in [0.5, 0.6) is 0 Å². The highest BCUT2D eigenvalue weighted by atomic mass is 35.5. The van der Waals surface area contributed by atoms with Crippen molar-refractivity contribution in [3.05, 3.63) is 56.9 Å². The number of nitrogen functional groups attached to an aromatic ring is 1. The molecule has 0 aliphatic rings. The van der Waals surface area contributed by atoms with E-state index in [9.17, 15) is 4.79 Å². The lowest BCUT2D eigenvalue weighted by Crippen LogP contribution is -2.01. The van der Waals surface area contributed by atoms with E-state index in [1.807, 2.05) is 0 Å². The number of H-pyrrole nitrogens is 1. The predicted octanol–water partition coefficient (Wildman–Crippen LogP) is 3.59. The molecule has 3 N–H and O–H groups in total. The third-order valence-electron chi connectivity index (χ3n) is 2.98. The molecule has 7 heteroatoms. The predicted molar refractivity (Wildman–Crippen MR) is 82.4 cm³/mol. The van der Waals surface area contributed by atoms with Crippen molar-refractivity contribution in [1.29, 1.82) is 0 Å². The number of nitrogens with one attached hydrogen (secondary N) is 1. The standard InChI is InChI=1S/C14H9Cl2N3O2/c15-9-3-1-7(5-10(9)16)12-13(19-21-14(12)17)8-2-4-11(20)18-6-8/h1-6H,17H2,(H,18,20). The first-order valence-electron chi connectivity index (χ1n) is 5.96. The lowest BCUT2D eigenvalue weighted by atomic mass is 10.0. The van der Waals surface area contributed by atoms with Gasteiger partial charge in [0.25, 0.3) is 0 Å². The molecule has 0 fully saturated rings.